The van der Waals surface area contributed by atoms with Gasteiger partial charge in [-0.2, -0.15) is 0 Å². The highest BCUT2D eigenvalue weighted by molar-refractivity contribution is 8.33. The average Bonchev–Trinajstić information content (AvgIpc) is 3.29. The summed E-state index contributed by atoms with van der Waals surface area (Å²) >= 11 is 14.6. The normalized spacial score (nSPS) is 23.2. The summed E-state index contributed by atoms with van der Waals surface area (Å²) in [5, 5.41) is 17.1. The van der Waals surface area contributed by atoms with Gasteiger partial charge in [-0.25, -0.2) is 0 Å². The van der Waals surface area contributed by atoms with E-state index in [0.717, 1.165) is 0 Å². The molecule has 0 saturated carbocycles. The van der Waals surface area contributed by atoms with Crippen molar-refractivity contribution in [2.75, 3.05) is 0 Å². The lowest BCUT2D eigenvalue weighted by atomic mass is 11.2. The molecule has 4 rings (SSSR count). The van der Waals surface area contributed by atoms with Crippen molar-refractivity contribution in [1.29, 1.82) is 0 Å². The van der Waals surface area contributed by atoms with Crippen LogP contribution in [0.1, 0.15) is 0 Å². The first-order valence-electron chi connectivity index (χ1n) is 5.35. The van der Waals surface area contributed by atoms with Crippen molar-refractivity contribution in [2.24, 2.45) is 0 Å². The van der Waals surface area contributed by atoms with Crippen molar-refractivity contribution in [3.8, 4) is 0 Å². The first-order valence-corrected chi connectivity index (χ1v) is 12.4. The third-order valence-corrected chi connectivity index (χ3v) is 11.5. The third kappa shape index (κ3) is 4.62. The summed E-state index contributed by atoms with van der Waals surface area (Å²) in [6.45, 7) is 0. The van der Waals surface area contributed by atoms with Crippen LogP contribution in [0.4, 0.5) is 0 Å². The fraction of sp³-hybridized carbons (Fsp3) is 0. The smallest absolute Gasteiger partial charge is 0.0694 e. The predicted octanol–water partition coefficient (Wildman–Crippen LogP) is 8.03. The molecule has 0 spiro atoms. The van der Waals surface area contributed by atoms with Gasteiger partial charge in [0, 0.05) is 0 Å². The molecular weight excluding hydrogens is 401 g/mol. The van der Waals surface area contributed by atoms with Crippen LogP contribution in [0, 0.1) is 0 Å². The molecule has 0 bridgehead atoms. The second-order valence-corrected chi connectivity index (χ2v) is 11.5. The van der Waals surface area contributed by atoms with Crippen LogP contribution in [-0.2, 0) is 0 Å². The Morgan fingerprint density at radius 3 is 0.600 bits per heavy atom. The third-order valence-electron chi connectivity index (χ3n) is 1.96. The van der Waals surface area contributed by atoms with E-state index >= 15 is 0 Å². The Kier molecular flexibility index (Phi) is 7.06. The molecule has 0 radical (unpaired) electrons. The summed E-state index contributed by atoms with van der Waals surface area (Å²) in [6.07, 6.45) is 0. The zero-order chi connectivity index (χ0) is 13.6. The number of hydrogen-bond acceptors (Lipinski definition) is 8. The van der Waals surface area contributed by atoms with Crippen LogP contribution in [0.15, 0.2) is 60.2 Å². The van der Waals surface area contributed by atoms with Gasteiger partial charge in [0.15, 0.2) is 0 Å². The van der Waals surface area contributed by atoms with Gasteiger partial charge in [-0.15, -0.1) is 0 Å². The van der Waals surface area contributed by atoms with Crippen molar-refractivity contribution in [2.45, 2.75) is 0 Å². The molecule has 0 unspecified atom stereocenters. The number of hydrogen-bond donors (Lipinski definition) is 0. The molecule has 20 heavy (non-hydrogen) atoms. The van der Waals surface area contributed by atoms with E-state index in [1.165, 1.54) is 16.9 Å². The molecule has 0 atom stereocenters. The van der Waals surface area contributed by atoms with E-state index in [9.17, 15) is 0 Å². The molecule has 0 aliphatic carbocycles. The van der Waals surface area contributed by atoms with Gasteiger partial charge in [0.1, 0.15) is 0 Å². The Morgan fingerprint density at radius 1 is 0.300 bits per heavy atom. The fourth-order valence-electron chi connectivity index (χ4n) is 1.21. The Morgan fingerprint density at radius 2 is 0.450 bits per heavy atom. The molecule has 0 nitrogen and oxygen atoms in total. The second-order valence-electron chi connectivity index (χ2n) is 3.18. The molecular formula is C12H8S8. The maximum atomic E-state index is 2.13. The molecule has 0 aromatic heterocycles. The Hall–Kier alpha value is 1.24. The number of rotatable bonds is 0. The lowest BCUT2D eigenvalue weighted by molar-refractivity contribution is 2.38. The van der Waals surface area contributed by atoms with Crippen LogP contribution in [0.3, 0.4) is 0 Å². The predicted molar refractivity (Wildman–Crippen MR) is 111 cm³/mol. The topological polar surface area (TPSA) is 0 Å². The minimum Gasteiger partial charge on any atom is -0.0884 e. The summed E-state index contributed by atoms with van der Waals surface area (Å²) in [5.41, 5.74) is 0. The van der Waals surface area contributed by atoms with Crippen LogP contribution in [0.25, 0.3) is 0 Å². The minimum atomic E-state index is 1.43. The Labute approximate surface area is 153 Å². The monoisotopic (exact) mass is 408 g/mol. The summed E-state index contributed by atoms with van der Waals surface area (Å²) in [6, 6.07) is 0. The van der Waals surface area contributed by atoms with Gasteiger partial charge in [-0.1, -0.05) is 94.1 Å². The Balaban J connectivity index is 0.000000121. The number of thioether (sulfide) groups is 8. The van der Waals surface area contributed by atoms with Crippen LogP contribution in [0.5, 0.6) is 0 Å². The molecule has 4 aliphatic heterocycles. The van der Waals surface area contributed by atoms with Crippen molar-refractivity contribution in [3.05, 3.63) is 60.2 Å². The fourth-order valence-corrected chi connectivity index (χ4v) is 9.28. The minimum absolute atomic E-state index is 1.43. The van der Waals surface area contributed by atoms with Crippen molar-refractivity contribution in [3.63, 3.8) is 0 Å². The van der Waals surface area contributed by atoms with Crippen LogP contribution in [0.2, 0.25) is 0 Å². The van der Waals surface area contributed by atoms with E-state index < -0.39 is 0 Å². The van der Waals surface area contributed by atoms with Gasteiger partial charge in [-0.05, 0) is 43.3 Å². The van der Waals surface area contributed by atoms with E-state index in [-0.39, 0.29) is 0 Å². The molecule has 0 aromatic rings. The molecule has 104 valence electrons. The van der Waals surface area contributed by atoms with Crippen LogP contribution >= 0.6 is 94.1 Å². The molecule has 4 aliphatic rings. The van der Waals surface area contributed by atoms with Crippen molar-refractivity contribution < 1.29 is 0 Å². The summed E-state index contributed by atoms with van der Waals surface area (Å²) in [5.74, 6) is 0. The summed E-state index contributed by atoms with van der Waals surface area (Å²) in [7, 11) is 0. The SMILES string of the molecule is C1=CSC(=C2SC=CS2)S1.C1=CSC(=C2SC=CS2)S1. The highest BCUT2D eigenvalue weighted by Crippen LogP contribution is 2.51. The standard InChI is InChI=1S/2C6H4S4/c2*1-2-8-5(7-1)6-9-3-4-10-6/h2*1-4H. The van der Waals surface area contributed by atoms with Crippen LogP contribution < -0.4 is 0 Å². The average molecular weight is 409 g/mol. The van der Waals surface area contributed by atoms with Gasteiger partial charge in [-0.3, -0.25) is 0 Å². The first kappa shape index (κ1) is 16.1. The zero-order valence-corrected chi connectivity index (χ0v) is 16.4. The lowest BCUT2D eigenvalue weighted by Crippen LogP contribution is -1.62. The van der Waals surface area contributed by atoms with Crippen molar-refractivity contribution >= 4 is 94.1 Å². The van der Waals surface area contributed by atoms with E-state index in [1.807, 2.05) is 94.1 Å². The van der Waals surface area contributed by atoms with Gasteiger partial charge in [0.05, 0.1) is 16.9 Å². The molecule has 4 heterocycles. The molecule has 0 amide bonds. The molecule has 0 aromatic carbocycles. The van der Waals surface area contributed by atoms with E-state index in [2.05, 4.69) is 43.3 Å². The quantitative estimate of drug-likeness (QED) is 0.390. The largest absolute Gasteiger partial charge is 0.0884 e. The maximum Gasteiger partial charge on any atom is 0.0694 e. The molecule has 0 N–H and O–H groups in total. The van der Waals surface area contributed by atoms with Gasteiger partial charge in [0.25, 0.3) is 0 Å². The lowest BCUT2D eigenvalue weighted by Gasteiger charge is -1.97. The summed E-state index contributed by atoms with van der Waals surface area (Å²) < 4.78 is 5.72. The van der Waals surface area contributed by atoms with Crippen LogP contribution in [-0.4, -0.2) is 0 Å². The first-order chi connectivity index (χ1) is 9.93. The van der Waals surface area contributed by atoms with Gasteiger partial charge >= 0.3 is 0 Å². The van der Waals surface area contributed by atoms with E-state index in [0.29, 0.717) is 0 Å². The van der Waals surface area contributed by atoms with Crippen molar-refractivity contribution in [1.82, 2.24) is 0 Å². The Bertz CT molecular complexity index is 414. The van der Waals surface area contributed by atoms with E-state index in [4.69, 9.17) is 0 Å². The second kappa shape index (κ2) is 8.76. The highest BCUT2D eigenvalue weighted by Gasteiger charge is 2.13. The van der Waals surface area contributed by atoms with Gasteiger partial charge in [0.2, 0.25) is 0 Å². The summed E-state index contributed by atoms with van der Waals surface area (Å²) in [4.78, 5) is 0. The zero-order valence-electron chi connectivity index (χ0n) is 9.88. The molecule has 0 fully saturated rings. The molecule has 8 heteroatoms. The highest BCUT2D eigenvalue weighted by atomic mass is 32.2. The maximum absolute atomic E-state index is 2.13. The van der Waals surface area contributed by atoms with Gasteiger partial charge < -0.3 is 0 Å². The van der Waals surface area contributed by atoms with E-state index in [1.54, 1.807) is 0 Å². The molecule has 0 saturated heterocycles.